The number of nitrogens with zero attached hydrogens (tertiary/aromatic N) is 1. The molecule has 0 aromatic heterocycles. The summed E-state index contributed by atoms with van der Waals surface area (Å²) in [5, 5.41) is 2.91. The zero-order valence-corrected chi connectivity index (χ0v) is 17.2. The Hall–Kier alpha value is -2.36. The molecule has 2 aromatic rings. The predicted molar refractivity (Wildman–Crippen MR) is 107 cm³/mol. The van der Waals surface area contributed by atoms with Gasteiger partial charge in [-0.15, -0.1) is 0 Å². The van der Waals surface area contributed by atoms with Crippen molar-refractivity contribution in [1.29, 1.82) is 0 Å². The Morgan fingerprint density at radius 3 is 2.38 bits per heavy atom. The molecule has 2 N–H and O–H groups in total. The zero-order valence-electron chi connectivity index (χ0n) is 16.4. The second-order valence-corrected chi connectivity index (χ2v) is 8.71. The van der Waals surface area contributed by atoms with Gasteiger partial charge < -0.3 is 10.2 Å². The normalized spacial score (nSPS) is 12.7. The molecule has 0 aliphatic carbocycles. The molecule has 0 heterocycles. The van der Waals surface area contributed by atoms with Crippen molar-refractivity contribution in [3.8, 4) is 0 Å². The van der Waals surface area contributed by atoms with Gasteiger partial charge in [-0.05, 0) is 44.3 Å². The van der Waals surface area contributed by atoms with Crippen molar-refractivity contribution in [3.63, 3.8) is 0 Å². The van der Waals surface area contributed by atoms with Crippen LogP contribution in [0.5, 0.6) is 0 Å². The fourth-order valence-corrected chi connectivity index (χ4v) is 3.87. The number of amides is 1. The van der Waals surface area contributed by atoms with Crippen LogP contribution in [0.1, 0.15) is 12.0 Å². The predicted octanol–water partition coefficient (Wildman–Crippen LogP) is 1.92. The summed E-state index contributed by atoms with van der Waals surface area (Å²) in [6.45, 7) is 0.467. The Labute approximate surface area is 170 Å². The lowest BCUT2D eigenvalue weighted by Gasteiger charge is -2.22. The molecule has 158 valence electrons. The first-order valence-electron chi connectivity index (χ1n) is 9.10. The van der Waals surface area contributed by atoms with Gasteiger partial charge in [-0.3, -0.25) is 4.79 Å². The minimum atomic E-state index is -4.04. The van der Waals surface area contributed by atoms with Crippen molar-refractivity contribution in [1.82, 2.24) is 14.9 Å². The van der Waals surface area contributed by atoms with E-state index in [1.807, 2.05) is 49.3 Å². The van der Waals surface area contributed by atoms with E-state index >= 15 is 0 Å². The Kier molecular flexibility index (Phi) is 8.24. The monoisotopic (exact) mass is 425 g/mol. The summed E-state index contributed by atoms with van der Waals surface area (Å²) in [6.07, 6.45) is 0.562. The second-order valence-electron chi connectivity index (χ2n) is 6.94. The third kappa shape index (κ3) is 7.52. The van der Waals surface area contributed by atoms with Crippen molar-refractivity contribution >= 4 is 15.9 Å². The molecule has 0 saturated heterocycles. The largest absolute Gasteiger partial charge is 0.352 e. The van der Waals surface area contributed by atoms with Gasteiger partial charge in [-0.1, -0.05) is 30.3 Å². The van der Waals surface area contributed by atoms with Gasteiger partial charge in [0.15, 0.2) is 11.6 Å². The molecule has 2 aromatic carbocycles. The number of nitrogens with one attached hydrogen (secondary N) is 2. The number of benzene rings is 2. The molecule has 0 radical (unpaired) electrons. The number of hydrogen-bond donors (Lipinski definition) is 2. The summed E-state index contributed by atoms with van der Waals surface area (Å²) in [7, 11) is -0.230. The minimum absolute atomic E-state index is 0.0817. The second kappa shape index (κ2) is 10.4. The molecule has 2 rings (SSSR count). The fraction of sp³-hybridized carbons (Fsp3) is 0.350. The van der Waals surface area contributed by atoms with E-state index in [9.17, 15) is 22.0 Å². The molecule has 1 atom stereocenters. The third-order valence-corrected chi connectivity index (χ3v) is 5.58. The molecule has 9 heteroatoms. The number of rotatable bonds is 10. The average molecular weight is 426 g/mol. The first-order chi connectivity index (χ1) is 13.7. The first-order valence-corrected chi connectivity index (χ1v) is 10.6. The zero-order chi connectivity index (χ0) is 21.4. The Morgan fingerprint density at radius 1 is 1.07 bits per heavy atom. The van der Waals surface area contributed by atoms with E-state index < -0.39 is 26.6 Å². The molecule has 0 bridgehead atoms. The molecule has 6 nitrogen and oxygen atoms in total. The molecule has 0 spiro atoms. The summed E-state index contributed by atoms with van der Waals surface area (Å²) >= 11 is 0. The molecule has 1 unspecified atom stereocenters. The lowest BCUT2D eigenvalue weighted by molar-refractivity contribution is -0.121. The molecule has 0 aliphatic heterocycles. The van der Waals surface area contributed by atoms with Crippen LogP contribution in [-0.4, -0.2) is 52.5 Å². The van der Waals surface area contributed by atoms with E-state index in [0.717, 1.165) is 17.7 Å². The van der Waals surface area contributed by atoms with Gasteiger partial charge in [0.05, 0.1) is 4.90 Å². The van der Waals surface area contributed by atoms with Crippen LogP contribution in [-0.2, 0) is 21.2 Å². The molecular weight excluding hydrogens is 400 g/mol. The van der Waals surface area contributed by atoms with E-state index in [2.05, 4.69) is 10.0 Å². The van der Waals surface area contributed by atoms with E-state index in [1.165, 1.54) is 0 Å². The average Bonchev–Trinajstić information content (AvgIpc) is 2.64. The number of carbonyl (C=O) groups is 1. The summed E-state index contributed by atoms with van der Waals surface area (Å²) in [6, 6.07) is 11.9. The van der Waals surface area contributed by atoms with Crippen molar-refractivity contribution < 1.29 is 22.0 Å². The van der Waals surface area contributed by atoms with Crippen LogP contribution in [0.15, 0.2) is 53.4 Å². The van der Waals surface area contributed by atoms with Gasteiger partial charge in [0, 0.05) is 25.6 Å². The summed E-state index contributed by atoms with van der Waals surface area (Å²) in [4.78, 5) is 13.8. The van der Waals surface area contributed by atoms with Gasteiger partial charge in [0.2, 0.25) is 15.9 Å². The quantitative estimate of drug-likeness (QED) is 0.610. The summed E-state index contributed by atoms with van der Waals surface area (Å²) < 4.78 is 52.7. The van der Waals surface area contributed by atoms with Crippen molar-refractivity contribution in [2.75, 3.05) is 27.2 Å². The summed E-state index contributed by atoms with van der Waals surface area (Å²) in [5.41, 5.74) is 1.08. The Morgan fingerprint density at radius 2 is 1.76 bits per heavy atom. The van der Waals surface area contributed by atoms with E-state index in [-0.39, 0.29) is 24.9 Å². The number of sulfonamides is 1. The molecule has 29 heavy (non-hydrogen) atoms. The van der Waals surface area contributed by atoms with Crippen LogP contribution in [0.25, 0.3) is 0 Å². The third-order valence-electron chi connectivity index (χ3n) is 4.12. The molecular formula is C20H25F2N3O3S. The van der Waals surface area contributed by atoms with Gasteiger partial charge in [-0.2, -0.15) is 0 Å². The van der Waals surface area contributed by atoms with Crippen LogP contribution in [0.2, 0.25) is 0 Å². The summed E-state index contributed by atoms with van der Waals surface area (Å²) in [5.74, 6) is -2.69. The van der Waals surface area contributed by atoms with Gasteiger partial charge in [0.1, 0.15) is 0 Å². The van der Waals surface area contributed by atoms with E-state index in [4.69, 9.17) is 0 Å². The van der Waals surface area contributed by atoms with Crippen LogP contribution < -0.4 is 10.0 Å². The van der Waals surface area contributed by atoms with E-state index in [0.29, 0.717) is 19.0 Å². The lowest BCUT2D eigenvalue weighted by atomic mass is 10.1. The maximum Gasteiger partial charge on any atom is 0.240 e. The van der Waals surface area contributed by atoms with Crippen molar-refractivity contribution in [2.45, 2.75) is 23.8 Å². The minimum Gasteiger partial charge on any atom is -0.352 e. The Bertz CT molecular complexity index is 922. The van der Waals surface area contributed by atoms with Crippen LogP contribution in [0.3, 0.4) is 0 Å². The van der Waals surface area contributed by atoms with Crippen LogP contribution in [0.4, 0.5) is 8.78 Å². The maximum atomic E-state index is 13.3. The van der Waals surface area contributed by atoms with Crippen LogP contribution in [0, 0.1) is 11.6 Å². The van der Waals surface area contributed by atoms with Crippen LogP contribution >= 0.6 is 0 Å². The highest BCUT2D eigenvalue weighted by molar-refractivity contribution is 7.89. The van der Waals surface area contributed by atoms with Crippen molar-refractivity contribution in [2.24, 2.45) is 0 Å². The van der Waals surface area contributed by atoms with Crippen molar-refractivity contribution in [3.05, 3.63) is 65.7 Å². The Balaban J connectivity index is 1.90. The highest BCUT2D eigenvalue weighted by Crippen LogP contribution is 2.13. The highest BCUT2D eigenvalue weighted by atomic mass is 32.2. The molecule has 0 aliphatic rings. The first kappa shape index (κ1) is 22.9. The SMILES string of the molecule is CN(C)CC(Cc1ccccc1)NC(=O)CCNS(=O)(=O)c1ccc(F)c(F)c1. The number of hydrogen-bond acceptors (Lipinski definition) is 4. The number of carbonyl (C=O) groups excluding carboxylic acids is 1. The fourth-order valence-electron chi connectivity index (χ4n) is 2.83. The molecule has 0 fully saturated rings. The van der Waals surface area contributed by atoms with Gasteiger partial charge in [0.25, 0.3) is 0 Å². The van der Waals surface area contributed by atoms with E-state index in [1.54, 1.807) is 0 Å². The molecule has 1 amide bonds. The maximum absolute atomic E-state index is 13.3. The number of likely N-dealkylation sites (N-methyl/N-ethyl adjacent to an activating group) is 1. The topological polar surface area (TPSA) is 78.5 Å². The van der Waals surface area contributed by atoms with Gasteiger partial charge in [-0.25, -0.2) is 21.9 Å². The standard InChI is InChI=1S/C20H25F2N3O3S/c1-25(2)14-16(12-15-6-4-3-5-7-15)24-20(26)10-11-23-29(27,28)17-8-9-18(21)19(22)13-17/h3-9,13,16,23H,10-12,14H2,1-2H3,(H,24,26). The number of halogens is 2. The highest BCUT2D eigenvalue weighted by Gasteiger charge is 2.18. The molecule has 0 saturated carbocycles. The lowest BCUT2D eigenvalue weighted by Crippen LogP contribution is -2.44. The smallest absolute Gasteiger partial charge is 0.240 e. The van der Waals surface area contributed by atoms with Gasteiger partial charge >= 0.3 is 0 Å².